The lowest BCUT2D eigenvalue weighted by Crippen LogP contribution is -2.34. The highest BCUT2D eigenvalue weighted by Crippen LogP contribution is 2.30. The third-order valence-corrected chi connectivity index (χ3v) is 4.15. The largest absolute Gasteiger partial charge is 0.396 e. The molecule has 1 aromatic carbocycles. The van der Waals surface area contributed by atoms with Crippen LogP contribution in [0.25, 0.3) is 16.6 Å². The number of hydrogen-bond donors (Lipinski definition) is 3. The smallest absolute Gasteiger partial charge is 0.141 e. The highest BCUT2D eigenvalue weighted by atomic mass is 16.7. The summed E-state index contributed by atoms with van der Waals surface area (Å²) in [5.41, 5.74) is 5.90. The fourth-order valence-electron chi connectivity index (χ4n) is 2.85. The molecule has 3 N–H and O–H groups in total. The van der Waals surface area contributed by atoms with Gasteiger partial charge >= 0.3 is 0 Å². The van der Waals surface area contributed by atoms with E-state index in [1.165, 1.54) is 0 Å². The zero-order chi connectivity index (χ0) is 15.7. The van der Waals surface area contributed by atoms with E-state index >= 15 is 0 Å². The van der Waals surface area contributed by atoms with E-state index in [2.05, 4.69) is 29.6 Å². The predicted octanol–water partition coefficient (Wildman–Crippen LogP) is 1.12. The van der Waals surface area contributed by atoms with Crippen molar-refractivity contribution in [1.29, 1.82) is 0 Å². The number of aliphatic hydroxyl groups is 2. The van der Waals surface area contributed by atoms with Crippen molar-refractivity contribution >= 4 is 16.6 Å². The maximum atomic E-state index is 9.53. The SMILES string of the molecule is CCc1nn(C)c2cc(C3=CC(CO)(CCO)ON3)ccc12. The second kappa shape index (κ2) is 5.72. The van der Waals surface area contributed by atoms with Gasteiger partial charge in [-0.1, -0.05) is 19.1 Å². The minimum absolute atomic E-state index is 0.0490. The van der Waals surface area contributed by atoms with Gasteiger partial charge in [0, 0.05) is 31.0 Å². The standard InChI is InChI=1S/C16H21N3O3/c1-3-13-12-5-4-11(8-15(12)19(2)17-13)14-9-16(10-21,6-7-20)22-18-14/h4-5,8-9,18,20-21H,3,6-7,10H2,1-2H3. The molecule has 118 valence electrons. The van der Waals surface area contributed by atoms with Crippen molar-refractivity contribution < 1.29 is 15.1 Å². The second-order valence-corrected chi connectivity index (χ2v) is 5.61. The van der Waals surface area contributed by atoms with Crippen LogP contribution in [0, 0.1) is 0 Å². The number of aliphatic hydroxyl groups excluding tert-OH is 2. The summed E-state index contributed by atoms with van der Waals surface area (Å²) in [6, 6.07) is 6.12. The van der Waals surface area contributed by atoms with Crippen molar-refractivity contribution in [2.45, 2.75) is 25.4 Å². The lowest BCUT2D eigenvalue weighted by atomic mass is 9.98. The average molecular weight is 303 g/mol. The summed E-state index contributed by atoms with van der Waals surface area (Å²) >= 11 is 0. The van der Waals surface area contributed by atoms with Crippen LogP contribution in [-0.2, 0) is 18.3 Å². The Kier molecular flexibility index (Phi) is 3.90. The zero-order valence-corrected chi connectivity index (χ0v) is 12.8. The van der Waals surface area contributed by atoms with Crippen molar-refractivity contribution in [1.82, 2.24) is 15.3 Å². The molecule has 6 nitrogen and oxygen atoms in total. The maximum absolute atomic E-state index is 9.53. The summed E-state index contributed by atoms with van der Waals surface area (Å²) in [7, 11) is 1.93. The molecular formula is C16H21N3O3. The van der Waals surface area contributed by atoms with Crippen LogP contribution >= 0.6 is 0 Å². The first-order valence-electron chi connectivity index (χ1n) is 7.47. The van der Waals surface area contributed by atoms with Crippen LogP contribution in [0.1, 0.15) is 24.6 Å². The molecule has 2 aromatic rings. The molecule has 1 aliphatic rings. The number of hydrogen-bond acceptors (Lipinski definition) is 5. The van der Waals surface area contributed by atoms with E-state index in [9.17, 15) is 5.11 Å². The maximum Gasteiger partial charge on any atom is 0.141 e. The Morgan fingerprint density at radius 1 is 1.36 bits per heavy atom. The van der Waals surface area contributed by atoms with Gasteiger partial charge in [-0.2, -0.15) is 5.10 Å². The third-order valence-electron chi connectivity index (χ3n) is 4.15. The Hall–Kier alpha value is -1.89. The predicted molar refractivity (Wildman–Crippen MR) is 83.8 cm³/mol. The summed E-state index contributed by atoms with van der Waals surface area (Å²) in [4.78, 5) is 5.49. The topological polar surface area (TPSA) is 79.5 Å². The van der Waals surface area contributed by atoms with Crippen LogP contribution in [0.5, 0.6) is 0 Å². The van der Waals surface area contributed by atoms with Gasteiger partial charge in [0.25, 0.3) is 0 Å². The zero-order valence-electron chi connectivity index (χ0n) is 12.8. The first kappa shape index (κ1) is 15.0. The van der Waals surface area contributed by atoms with E-state index in [-0.39, 0.29) is 13.2 Å². The Labute approximate surface area is 129 Å². The number of aryl methyl sites for hydroxylation is 2. The van der Waals surface area contributed by atoms with Crippen LogP contribution in [0.2, 0.25) is 0 Å². The molecule has 3 rings (SSSR count). The Morgan fingerprint density at radius 3 is 2.86 bits per heavy atom. The monoisotopic (exact) mass is 303 g/mol. The van der Waals surface area contributed by atoms with Gasteiger partial charge in [0.05, 0.1) is 23.5 Å². The molecule has 2 heterocycles. The normalized spacial score (nSPS) is 21.2. The number of rotatable bonds is 5. The van der Waals surface area contributed by atoms with Crippen LogP contribution in [0.3, 0.4) is 0 Å². The highest BCUT2D eigenvalue weighted by Gasteiger charge is 2.34. The van der Waals surface area contributed by atoms with Gasteiger partial charge in [-0.05, 0) is 18.6 Å². The molecule has 0 fully saturated rings. The minimum Gasteiger partial charge on any atom is -0.396 e. The number of aromatic nitrogens is 2. The molecule has 0 saturated heterocycles. The van der Waals surface area contributed by atoms with Gasteiger partial charge in [0.15, 0.2) is 0 Å². The summed E-state index contributed by atoms with van der Waals surface area (Å²) in [6.07, 6.45) is 3.07. The Morgan fingerprint density at radius 2 is 2.18 bits per heavy atom. The molecule has 0 spiro atoms. The first-order valence-corrected chi connectivity index (χ1v) is 7.47. The quantitative estimate of drug-likeness (QED) is 0.771. The van der Waals surface area contributed by atoms with Crippen molar-refractivity contribution in [3.05, 3.63) is 35.5 Å². The number of hydroxylamine groups is 1. The van der Waals surface area contributed by atoms with Gasteiger partial charge in [-0.25, -0.2) is 0 Å². The molecule has 0 aliphatic carbocycles. The molecule has 0 saturated carbocycles. The number of benzene rings is 1. The molecule has 22 heavy (non-hydrogen) atoms. The van der Waals surface area contributed by atoms with E-state index in [1.54, 1.807) is 0 Å². The van der Waals surface area contributed by atoms with Gasteiger partial charge in [0.1, 0.15) is 5.60 Å². The van der Waals surface area contributed by atoms with E-state index in [4.69, 9.17) is 9.94 Å². The van der Waals surface area contributed by atoms with Gasteiger partial charge in [-0.3, -0.25) is 15.0 Å². The Bertz CT molecular complexity index is 723. The van der Waals surface area contributed by atoms with Crippen LogP contribution in [-0.4, -0.2) is 38.8 Å². The molecule has 6 heteroatoms. The van der Waals surface area contributed by atoms with E-state index in [1.807, 2.05) is 23.9 Å². The van der Waals surface area contributed by atoms with Crippen molar-refractivity contribution in [2.24, 2.45) is 7.05 Å². The lowest BCUT2D eigenvalue weighted by Gasteiger charge is -2.21. The molecule has 1 atom stereocenters. The molecule has 0 radical (unpaired) electrons. The van der Waals surface area contributed by atoms with Gasteiger partial charge in [-0.15, -0.1) is 0 Å². The van der Waals surface area contributed by atoms with Crippen LogP contribution in [0.4, 0.5) is 0 Å². The number of nitrogens with one attached hydrogen (secondary N) is 1. The average Bonchev–Trinajstić information content (AvgIpc) is 3.10. The minimum atomic E-state index is -0.861. The van der Waals surface area contributed by atoms with Crippen LogP contribution in [0.15, 0.2) is 24.3 Å². The van der Waals surface area contributed by atoms with Gasteiger partial charge in [0.2, 0.25) is 0 Å². The summed E-state index contributed by atoms with van der Waals surface area (Å²) in [5, 5.41) is 24.3. The summed E-state index contributed by atoms with van der Waals surface area (Å²) < 4.78 is 1.88. The Balaban J connectivity index is 2.01. The first-order chi connectivity index (χ1) is 10.6. The van der Waals surface area contributed by atoms with Crippen LogP contribution < -0.4 is 5.48 Å². The second-order valence-electron chi connectivity index (χ2n) is 5.61. The fraction of sp³-hybridized carbons (Fsp3) is 0.438. The molecule has 1 aliphatic heterocycles. The lowest BCUT2D eigenvalue weighted by molar-refractivity contribution is -0.0764. The third kappa shape index (κ3) is 2.39. The molecule has 1 unspecified atom stereocenters. The summed E-state index contributed by atoms with van der Waals surface area (Å²) in [6.45, 7) is 1.86. The highest BCUT2D eigenvalue weighted by molar-refractivity contribution is 5.85. The molecule has 0 bridgehead atoms. The van der Waals surface area contributed by atoms with Gasteiger partial charge < -0.3 is 10.2 Å². The molecular weight excluding hydrogens is 282 g/mol. The van der Waals surface area contributed by atoms with Crippen molar-refractivity contribution in [2.75, 3.05) is 13.2 Å². The fourth-order valence-corrected chi connectivity index (χ4v) is 2.85. The number of nitrogens with zero attached hydrogens (tertiary/aromatic N) is 2. The van der Waals surface area contributed by atoms with E-state index in [0.717, 1.165) is 34.3 Å². The summed E-state index contributed by atoms with van der Waals surface area (Å²) in [5.74, 6) is 0. The molecule has 0 amide bonds. The van der Waals surface area contributed by atoms with E-state index < -0.39 is 5.60 Å². The van der Waals surface area contributed by atoms with Crippen molar-refractivity contribution in [3.8, 4) is 0 Å². The van der Waals surface area contributed by atoms with E-state index in [0.29, 0.717) is 6.42 Å². The number of fused-ring (bicyclic) bond motifs is 1. The molecule has 1 aromatic heterocycles. The van der Waals surface area contributed by atoms with Crippen molar-refractivity contribution in [3.63, 3.8) is 0 Å².